The van der Waals surface area contributed by atoms with Gasteiger partial charge in [0, 0.05) is 17.0 Å². The summed E-state index contributed by atoms with van der Waals surface area (Å²) in [5.41, 5.74) is 3.55. The summed E-state index contributed by atoms with van der Waals surface area (Å²) in [6.07, 6.45) is 0. The molecule has 0 saturated heterocycles. The van der Waals surface area contributed by atoms with Crippen LogP contribution in [0.3, 0.4) is 0 Å². The first-order valence-corrected chi connectivity index (χ1v) is 7.57. The van der Waals surface area contributed by atoms with Crippen molar-refractivity contribution in [2.75, 3.05) is 0 Å². The molecule has 5 nitrogen and oxygen atoms in total. The number of aromatic amines is 1. The number of rotatable bonds is 1. The molecule has 2 aromatic heterocycles. The third-order valence-corrected chi connectivity index (χ3v) is 4.03. The highest BCUT2D eigenvalue weighted by atomic mass is 16.4. The Morgan fingerprint density at radius 2 is 1.83 bits per heavy atom. The van der Waals surface area contributed by atoms with Crippen LogP contribution in [0.25, 0.3) is 33.3 Å². The number of hydrogen-bond acceptors (Lipinski definition) is 4. The van der Waals surface area contributed by atoms with Crippen molar-refractivity contribution in [3.05, 3.63) is 74.4 Å². The van der Waals surface area contributed by atoms with Crippen LogP contribution in [0.2, 0.25) is 0 Å². The SMILES string of the molecule is Cc1cc(C)c2oc(=O)cc(-c3nc4ccccc4[nH]c3=O)c2c1. The van der Waals surface area contributed by atoms with Gasteiger partial charge in [0.2, 0.25) is 0 Å². The van der Waals surface area contributed by atoms with Gasteiger partial charge >= 0.3 is 5.63 Å². The zero-order chi connectivity index (χ0) is 16.8. The molecular formula is C19H14N2O3. The van der Waals surface area contributed by atoms with Crippen molar-refractivity contribution in [3.8, 4) is 11.3 Å². The van der Waals surface area contributed by atoms with Gasteiger partial charge in [-0.25, -0.2) is 9.78 Å². The molecule has 0 saturated carbocycles. The normalized spacial score (nSPS) is 11.2. The summed E-state index contributed by atoms with van der Waals surface area (Å²) in [5, 5.41) is 0.709. The van der Waals surface area contributed by atoms with E-state index in [1.54, 1.807) is 6.07 Å². The summed E-state index contributed by atoms with van der Waals surface area (Å²) in [7, 11) is 0. The van der Waals surface area contributed by atoms with Gasteiger partial charge in [-0.2, -0.15) is 0 Å². The van der Waals surface area contributed by atoms with Gasteiger partial charge in [0.15, 0.2) is 0 Å². The quantitative estimate of drug-likeness (QED) is 0.546. The number of aryl methyl sites for hydroxylation is 2. The molecule has 0 aliphatic rings. The van der Waals surface area contributed by atoms with Crippen LogP contribution in [-0.4, -0.2) is 9.97 Å². The summed E-state index contributed by atoms with van der Waals surface area (Å²) >= 11 is 0. The Kier molecular flexibility index (Phi) is 3.09. The molecule has 24 heavy (non-hydrogen) atoms. The van der Waals surface area contributed by atoms with E-state index < -0.39 is 5.63 Å². The Hall–Kier alpha value is -3.21. The summed E-state index contributed by atoms with van der Waals surface area (Å²) < 4.78 is 5.34. The third-order valence-electron chi connectivity index (χ3n) is 4.03. The maximum atomic E-state index is 12.5. The lowest BCUT2D eigenvalue weighted by atomic mass is 10.0. The standard InChI is InChI=1S/C19H14N2O3/c1-10-7-11(2)18-13(8-10)12(9-16(22)24-18)17-19(23)21-15-6-4-3-5-14(15)20-17/h3-9H,1-2H3,(H,21,23). The van der Waals surface area contributed by atoms with Crippen molar-refractivity contribution in [1.29, 1.82) is 0 Å². The van der Waals surface area contributed by atoms with Crippen molar-refractivity contribution in [1.82, 2.24) is 9.97 Å². The molecule has 2 heterocycles. The monoisotopic (exact) mass is 318 g/mol. The van der Waals surface area contributed by atoms with E-state index in [0.29, 0.717) is 27.6 Å². The molecule has 4 aromatic rings. The first-order valence-electron chi connectivity index (χ1n) is 7.57. The Morgan fingerprint density at radius 1 is 1.04 bits per heavy atom. The number of benzene rings is 2. The van der Waals surface area contributed by atoms with E-state index in [-0.39, 0.29) is 11.3 Å². The number of aromatic nitrogens is 2. The van der Waals surface area contributed by atoms with Gasteiger partial charge < -0.3 is 9.40 Å². The lowest BCUT2D eigenvalue weighted by Gasteiger charge is -2.08. The Bertz CT molecular complexity index is 1220. The fraction of sp³-hybridized carbons (Fsp3) is 0.105. The van der Waals surface area contributed by atoms with Crippen molar-refractivity contribution in [2.24, 2.45) is 0 Å². The van der Waals surface area contributed by atoms with Gasteiger partial charge in [-0.05, 0) is 43.2 Å². The van der Waals surface area contributed by atoms with E-state index in [9.17, 15) is 9.59 Å². The summed E-state index contributed by atoms with van der Waals surface area (Å²) in [6, 6.07) is 12.5. The Morgan fingerprint density at radius 3 is 2.67 bits per heavy atom. The summed E-state index contributed by atoms with van der Waals surface area (Å²) in [6.45, 7) is 3.83. The van der Waals surface area contributed by atoms with E-state index in [2.05, 4.69) is 9.97 Å². The van der Waals surface area contributed by atoms with Gasteiger partial charge in [0.25, 0.3) is 5.56 Å². The van der Waals surface area contributed by atoms with Crippen molar-refractivity contribution >= 4 is 22.0 Å². The van der Waals surface area contributed by atoms with E-state index >= 15 is 0 Å². The second-order valence-electron chi connectivity index (χ2n) is 5.87. The van der Waals surface area contributed by atoms with Crippen LogP contribution in [0.1, 0.15) is 11.1 Å². The summed E-state index contributed by atoms with van der Waals surface area (Å²) in [4.78, 5) is 31.8. The van der Waals surface area contributed by atoms with Gasteiger partial charge in [-0.1, -0.05) is 18.2 Å². The molecule has 0 aliphatic heterocycles. The van der Waals surface area contributed by atoms with Crippen molar-refractivity contribution in [3.63, 3.8) is 0 Å². The minimum absolute atomic E-state index is 0.219. The van der Waals surface area contributed by atoms with Crippen LogP contribution in [0.15, 0.2) is 56.5 Å². The van der Waals surface area contributed by atoms with Gasteiger partial charge in [-0.15, -0.1) is 0 Å². The van der Waals surface area contributed by atoms with E-state index in [4.69, 9.17) is 4.42 Å². The van der Waals surface area contributed by atoms with Gasteiger partial charge in [0.05, 0.1) is 11.0 Å². The van der Waals surface area contributed by atoms with Crippen LogP contribution in [0.5, 0.6) is 0 Å². The number of para-hydroxylation sites is 2. The molecule has 0 fully saturated rings. The van der Waals surface area contributed by atoms with Gasteiger partial charge in [0.1, 0.15) is 11.3 Å². The molecule has 5 heteroatoms. The first kappa shape index (κ1) is 14.4. The topological polar surface area (TPSA) is 76.0 Å². The van der Waals surface area contributed by atoms with Crippen LogP contribution in [0, 0.1) is 13.8 Å². The third kappa shape index (κ3) is 2.22. The number of H-pyrrole nitrogens is 1. The fourth-order valence-corrected chi connectivity index (χ4v) is 3.02. The van der Waals surface area contributed by atoms with E-state index in [1.807, 2.05) is 44.2 Å². The molecule has 4 rings (SSSR count). The van der Waals surface area contributed by atoms with Crippen molar-refractivity contribution < 1.29 is 4.42 Å². The average molecular weight is 318 g/mol. The highest BCUT2D eigenvalue weighted by Crippen LogP contribution is 2.28. The molecule has 2 aromatic carbocycles. The zero-order valence-corrected chi connectivity index (χ0v) is 13.2. The molecule has 0 radical (unpaired) electrons. The smallest absolute Gasteiger partial charge is 0.336 e. The fourth-order valence-electron chi connectivity index (χ4n) is 3.02. The lowest BCUT2D eigenvalue weighted by Crippen LogP contribution is -2.13. The number of nitrogens with zero attached hydrogens (tertiary/aromatic N) is 1. The molecule has 0 bridgehead atoms. The summed E-state index contributed by atoms with van der Waals surface area (Å²) in [5.74, 6) is 0. The van der Waals surface area contributed by atoms with Crippen molar-refractivity contribution in [2.45, 2.75) is 13.8 Å². The molecule has 0 spiro atoms. The van der Waals surface area contributed by atoms with Crippen LogP contribution < -0.4 is 11.2 Å². The minimum Gasteiger partial charge on any atom is -0.422 e. The highest BCUT2D eigenvalue weighted by molar-refractivity contribution is 5.94. The second-order valence-corrected chi connectivity index (χ2v) is 5.87. The Labute approximate surface area is 136 Å². The second kappa shape index (κ2) is 5.16. The maximum Gasteiger partial charge on any atom is 0.336 e. The molecule has 118 valence electrons. The first-order chi connectivity index (χ1) is 11.5. The Balaban J connectivity index is 2.16. The number of fused-ring (bicyclic) bond motifs is 2. The minimum atomic E-state index is -0.501. The average Bonchev–Trinajstić information content (AvgIpc) is 2.54. The largest absolute Gasteiger partial charge is 0.422 e. The molecule has 0 atom stereocenters. The zero-order valence-electron chi connectivity index (χ0n) is 13.2. The molecule has 0 amide bonds. The predicted molar refractivity (Wildman–Crippen MR) is 93.3 cm³/mol. The van der Waals surface area contributed by atoms with Gasteiger partial charge in [-0.3, -0.25) is 4.79 Å². The van der Waals surface area contributed by atoms with Crippen LogP contribution >= 0.6 is 0 Å². The number of nitrogens with one attached hydrogen (secondary N) is 1. The number of hydrogen-bond donors (Lipinski definition) is 1. The van der Waals surface area contributed by atoms with E-state index in [0.717, 1.165) is 11.1 Å². The lowest BCUT2D eigenvalue weighted by molar-refractivity contribution is 0.559. The van der Waals surface area contributed by atoms with E-state index in [1.165, 1.54) is 6.07 Å². The molecular weight excluding hydrogens is 304 g/mol. The molecule has 0 aliphatic carbocycles. The highest BCUT2D eigenvalue weighted by Gasteiger charge is 2.15. The predicted octanol–water partition coefficient (Wildman–Crippen LogP) is 3.31. The maximum absolute atomic E-state index is 12.5. The molecule has 0 unspecified atom stereocenters. The van der Waals surface area contributed by atoms with Crippen LogP contribution in [0.4, 0.5) is 0 Å². The van der Waals surface area contributed by atoms with Crippen LogP contribution in [-0.2, 0) is 0 Å². The molecule has 1 N–H and O–H groups in total.